The van der Waals surface area contributed by atoms with Crippen LogP contribution in [0.15, 0.2) is 0 Å². The molecule has 0 bridgehead atoms. The molecule has 0 aromatic carbocycles. The summed E-state index contributed by atoms with van der Waals surface area (Å²) in [7, 11) is 0. The van der Waals surface area contributed by atoms with E-state index in [1.54, 1.807) is 0 Å². The Labute approximate surface area is 173 Å². The van der Waals surface area contributed by atoms with Gasteiger partial charge < -0.3 is 15.1 Å². The molecule has 1 N–H and O–H groups in total. The van der Waals surface area contributed by atoms with E-state index in [0.29, 0.717) is 12.5 Å². The summed E-state index contributed by atoms with van der Waals surface area (Å²) in [6, 6.07) is 0.265. The number of halogens is 2. The van der Waals surface area contributed by atoms with Gasteiger partial charge in [-0.05, 0) is 19.8 Å². The lowest BCUT2D eigenvalue weighted by Gasteiger charge is -2.39. The van der Waals surface area contributed by atoms with Gasteiger partial charge in [-0.2, -0.15) is 11.8 Å². The van der Waals surface area contributed by atoms with E-state index in [-0.39, 0.29) is 42.7 Å². The molecule has 3 aliphatic rings. The van der Waals surface area contributed by atoms with E-state index in [1.807, 2.05) is 28.5 Å². The monoisotopic (exact) mass is 426 g/mol. The van der Waals surface area contributed by atoms with Crippen molar-refractivity contribution in [2.24, 2.45) is 0 Å². The highest BCUT2D eigenvalue weighted by molar-refractivity contribution is 7.99. The maximum atomic E-state index is 12.5. The van der Waals surface area contributed by atoms with Crippen LogP contribution in [0.3, 0.4) is 0 Å². The van der Waals surface area contributed by atoms with Gasteiger partial charge in [0.2, 0.25) is 11.8 Å². The van der Waals surface area contributed by atoms with Crippen LogP contribution in [-0.2, 0) is 9.59 Å². The third-order valence-electron chi connectivity index (χ3n) is 5.41. The molecular formula is C17H32Cl2N4O2S. The lowest BCUT2D eigenvalue weighted by molar-refractivity contribution is -0.138. The van der Waals surface area contributed by atoms with Crippen molar-refractivity contribution in [2.75, 3.05) is 57.3 Å². The molecule has 3 saturated heterocycles. The summed E-state index contributed by atoms with van der Waals surface area (Å²) in [6.07, 6.45) is 2.87. The Morgan fingerprint density at radius 1 is 1.04 bits per heavy atom. The number of carbonyl (C=O) groups excluding carboxylic acids is 2. The van der Waals surface area contributed by atoms with Crippen LogP contribution < -0.4 is 5.32 Å². The van der Waals surface area contributed by atoms with Gasteiger partial charge in [0, 0.05) is 69.8 Å². The molecule has 3 fully saturated rings. The molecule has 3 heterocycles. The zero-order valence-electron chi connectivity index (χ0n) is 15.5. The van der Waals surface area contributed by atoms with E-state index in [2.05, 4.69) is 10.2 Å². The summed E-state index contributed by atoms with van der Waals surface area (Å²) in [4.78, 5) is 31.2. The number of hydrogen-bond donors (Lipinski definition) is 1. The molecule has 26 heavy (non-hydrogen) atoms. The molecule has 3 rings (SSSR count). The van der Waals surface area contributed by atoms with Crippen molar-refractivity contribution < 1.29 is 9.59 Å². The van der Waals surface area contributed by atoms with Crippen molar-refractivity contribution in [1.82, 2.24) is 20.0 Å². The molecule has 3 aliphatic heterocycles. The maximum absolute atomic E-state index is 12.5. The summed E-state index contributed by atoms with van der Waals surface area (Å²) < 4.78 is 0. The summed E-state index contributed by atoms with van der Waals surface area (Å²) in [5, 5.41) is 3.43. The predicted octanol–water partition coefficient (Wildman–Crippen LogP) is 1.08. The number of piperazine rings is 1. The lowest BCUT2D eigenvalue weighted by Crippen LogP contribution is -2.55. The molecule has 2 unspecified atom stereocenters. The fourth-order valence-electron chi connectivity index (χ4n) is 3.81. The second-order valence-corrected chi connectivity index (χ2v) is 8.21. The Balaban J connectivity index is 0.00000169. The van der Waals surface area contributed by atoms with Crippen LogP contribution in [0.2, 0.25) is 0 Å². The number of rotatable bonds is 4. The maximum Gasteiger partial charge on any atom is 0.239 e. The van der Waals surface area contributed by atoms with Crippen LogP contribution in [0.4, 0.5) is 0 Å². The summed E-state index contributed by atoms with van der Waals surface area (Å²) in [5.41, 5.74) is 0. The average Bonchev–Trinajstić information content (AvgIpc) is 3.16. The van der Waals surface area contributed by atoms with Crippen LogP contribution in [0.5, 0.6) is 0 Å². The van der Waals surface area contributed by atoms with Crippen LogP contribution in [0.25, 0.3) is 0 Å². The van der Waals surface area contributed by atoms with E-state index in [1.165, 1.54) is 0 Å². The van der Waals surface area contributed by atoms with Gasteiger partial charge >= 0.3 is 0 Å². The highest BCUT2D eigenvalue weighted by Crippen LogP contribution is 2.16. The molecule has 0 aromatic heterocycles. The molecule has 0 spiro atoms. The minimum atomic E-state index is -0.0586. The number of likely N-dealkylation sites (tertiary alicyclic amines) is 1. The average molecular weight is 427 g/mol. The SMILES string of the molecule is CC(C(=O)N1CCCC1)N1CCN(C(=O)CC2CSCCN2)CC1.Cl.Cl. The first-order valence-corrected chi connectivity index (χ1v) is 10.4. The first-order chi connectivity index (χ1) is 11.6. The lowest BCUT2D eigenvalue weighted by atomic mass is 10.1. The first kappa shape index (κ1) is 23.8. The molecule has 152 valence electrons. The predicted molar refractivity (Wildman–Crippen MR) is 112 cm³/mol. The van der Waals surface area contributed by atoms with Crippen LogP contribution in [0.1, 0.15) is 26.2 Å². The summed E-state index contributed by atoms with van der Waals surface area (Å²) >= 11 is 1.93. The minimum Gasteiger partial charge on any atom is -0.341 e. The second kappa shape index (κ2) is 11.6. The van der Waals surface area contributed by atoms with Crippen LogP contribution >= 0.6 is 36.6 Å². The minimum absolute atomic E-state index is 0. The number of nitrogens with zero attached hydrogens (tertiary/aromatic N) is 3. The Morgan fingerprint density at radius 3 is 2.27 bits per heavy atom. The smallest absolute Gasteiger partial charge is 0.239 e. The highest BCUT2D eigenvalue weighted by atomic mass is 35.5. The van der Waals surface area contributed by atoms with Crippen molar-refractivity contribution in [3.8, 4) is 0 Å². The summed E-state index contributed by atoms with van der Waals surface area (Å²) in [6.45, 7) is 7.95. The van der Waals surface area contributed by atoms with E-state index in [9.17, 15) is 9.59 Å². The normalized spacial score (nSPS) is 25.2. The van der Waals surface area contributed by atoms with Crippen LogP contribution in [-0.4, -0.2) is 95.9 Å². The third kappa shape index (κ3) is 6.16. The van der Waals surface area contributed by atoms with Crippen molar-refractivity contribution in [2.45, 2.75) is 38.3 Å². The Bertz CT molecular complexity index is 452. The number of hydrogen-bond acceptors (Lipinski definition) is 5. The molecule has 2 atom stereocenters. The Morgan fingerprint density at radius 2 is 1.69 bits per heavy atom. The number of amides is 2. The molecule has 9 heteroatoms. The van der Waals surface area contributed by atoms with Gasteiger partial charge in [0.25, 0.3) is 0 Å². The molecule has 0 radical (unpaired) electrons. The molecular weight excluding hydrogens is 395 g/mol. The van der Waals surface area contributed by atoms with Crippen molar-refractivity contribution in [1.29, 1.82) is 0 Å². The van der Waals surface area contributed by atoms with Crippen molar-refractivity contribution in [3.05, 3.63) is 0 Å². The molecule has 0 saturated carbocycles. The largest absolute Gasteiger partial charge is 0.341 e. The Kier molecular flexibility index (Phi) is 10.6. The topological polar surface area (TPSA) is 55.9 Å². The quantitative estimate of drug-likeness (QED) is 0.728. The van der Waals surface area contributed by atoms with Crippen molar-refractivity contribution in [3.63, 3.8) is 0 Å². The number of thioether (sulfide) groups is 1. The standard InChI is InChI=1S/C17H30N4O2S.2ClH/c1-14(17(23)21-5-2-3-6-21)19-7-9-20(10-8-19)16(22)12-15-13-24-11-4-18-15;;/h14-15,18H,2-13H2,1H3;2*1H. The van der Waals surface area contributed by atoms with E-state index < -0.39 is 0 Å². The molecule has 6 nitrogen and oxygen atoms in total. The molecule has 2 amide bonds. The summed E-state index contributed by atoms with van der Waals surface area (Å²) in [5.74, 6) is 2.70. The molecule has 0 aromatic rings. The molecule has 0 aliphatic carbocycles. The van der Waals surface area contributed by atoms with Gasteiger partial charge in [-0.15, -0.1) is 24.8 Å². The second-order valence-electron chi connectivity index (χ2n) is 7.06. The van der Waals surface area contributed by atoms with Gasteiger partial charge in [0.15, 0.2) is 0 Å². The van der Waals surface area contributed by atoms with Gasteiger partial charge in [0.05, 0.1) is 6.04 Å². The van der Waals surface area contributed by atoms with E-state index in [4.69, 9.17) is 0 Å². The zero-order chi connectivity index (χ0) is 16.9. The van der Waals surface area contributed by atoms with Crippen LogP contribution in [0, 0.1) is 0 Å². The highest BCUT2D eigenvalue weighted by Gasteiger charge is 2.31. The van der Waals surface area contributed by atoms with E-state index >= 15 is 0 Å². The number of carbonyl (C=O) groups is 2. The van der Waals surface area contributed by atoms with Gasteiger partial charge in [-0.3, -0.25) is 14.5 Å². The number of nitrogens with one attached hydrogen (secondary N) is 1. The Hall–Kier alpha value is -0.210. The fraction of sp³-hybridized carbons (Fsp3) is 0.882. The van der Waals surface area contributed by atoms with E-state index in [0.717, 1.165) is 70.2 Å². The van der Waals surface area contributed by atoms with Gasteiger partial charge in [0.1, 0.15) is 0 Å². The van der Waals surface area contributed by atoms with Gasteiger partial charge in [-0.1, -0.05) is 0 Å². The zero-order valence-corrected chi connectivity index (χ0v) is 18.0. The first-order valence-electron chi connectivity index (χ1n) is 9.27. The van der Waals surface area contributed by atoms with Crippen molar-refractivity contribution >= 4 is 48.4 Å². The van der Waals surface area contributed by atoms with Gasteiger partial charge in [-0.25, -0.2) is 0 Å². The third-order valence-corrected chi connectivity index (χ3v) is 6.54. The fourth-order valence-corrected chi connectivity index (χ4v) is 4.76.